The molecular weight excluding hydrogens is 204 g/mol. The second-order valence-corrected chi connectivity index (χ2v) is 3.69. The molecule has 14 heavy (non-hydrogen) atoms. The second-order valence-electron chi connectivity index (χ2n) is 2.80. The van der Waals surface area contributed by atoms with E-state index in [1.54, 1.807) is 7.05 Å². The molecule has 1 heterocycles. The predicted octanol–water partition coefficient (Wildman–Crippen LogP) is -0.431. The van der Waals surface area contributed by atoms with Crippen molar-refractivity contribution in [2.45, 2.75) is 12.2 Å². The quantitative estimate of drug-likeness (QED) is 0.582. The van der Waals surface area contributed by atoms with Crippen molar-refractivity contribution >= 4 is 17.6 Å². The minimum Gasteiger partial charge on any atom is -0.389 e. The highest BCUT2D eigenvalue weighted by atomic mass is 32.1. The number of aldehydes is 1. The fourth-order valence-electron chi connectivity index (χ4n) is 0.976. The van der Waals surface area contributed by atoms with Gasteiger partial charge in [0.1, 0.15) is 16.8 Å². The van der Waals surface area contributed by atoms with Gasteiger partial charge in [-0.05, 0) is 7.05 Å². The van der Waals surface area contributed by atoms with E-state index < -0.39 is 12.2 Å². The number of aliphatic hydroxyl groups is 2. The first-order valence-corrected chi connectivity index (χ1v) is 4.98. The minimum atomic E-state index is -1.04. The van der Waals surface area contributed by atoms with E-state index in [1.807, 2.05) is 0 Å². The molecule has 0 aliphatic carbocycles. The van der Waals surface area contributed by atoms with E-state index in [1.165, 1.54) is 5.38 Å². The topological polar surface area (TPSA) is 82.4 Å². The lowest BCUT2D eigenvalue weighted by molar-refractivity contribution is 0.0200. The van der Waals surface area contributed by atoms with Crippen LogP contribution in [-0.2, 0) is 0 Å². The average Bonchev–Trinajstić information content (AvgIpc) is 2.65. The number of rotatable bonds is 5. The highest BCUT2D eigenvalue weighted by Crippen LogP contribution is 2.20. The summed E-state index contributed by atoms with van der Waals surface area (Å²) in [5, 5.41) is 23.6. The molecule has 2 atom stereocenters. The normalized spacial score (nSPS) is 15.1. The van der Waals surface area contributed by atoms with E-state index >= 15 is 0 Å². The van der Waals surface area contributed by atoms with Crippen molar-refractivity contribution < 1.29 is 15.0 Å². The van der Waals surface area contributed by atoms with Gasteiger partial charge >= 0.3 is 0 Å². The second kappa shape index (κ2) is 5.16. The van der Waals surface area contributed by atoms with Crippen molar-refractivity contribution in [2.75, 3.05) is 13.6 Å². The molecule has 0 spiro atoms. The van der Waals surface area contributed by atoms with Gasteiger partial charge in [0, 0.05) is 11.9 Å². The van der Waals surface area contributed by atoms with Crippen LogP contribution in [0.2, 0.25) is 0 Å². The molecular formula is C8H12N2O3S. The Morgan fingerprint density at radius 3 is 2.93 bits per heavy atom. The number of hydrogen-bond acceptors (Lipinski definition) is 6. The van der Waals surface area contributed by atoms with Crippen LogP contribution in [0.4, 0.5) is 0 Å². The van der Waals surface area contributed by atoms with Gasteiger partial charge in [-0.15, -0.1) is 11.3 Å². The largest absolute Gasteiger partial charge is 0.389 e. The Morgan fingerprint density at radius 1 is 1.71 bits per heavy atom. The minimum absolute atomic E-state index is 0.275. The third-order valence-electron chi connectivity index (χ3n) is 1.69. The maximum Gasteiger partial charge on any atom is 0.169 e. The zero-order chi connectivity index (χ0) is 10.6. The lowest BCUT2D eigenvalue weighted by atomic mass is 10.2. The van der Waals surface area contributed by atoms with Crippen molar-refractivity contribution in [3.63, 3.8) is 0 Å². The Morgan fingerprint density at radius 2 is 2.43 bits per heavy atom. The van der Waals surface area contributed by atoms with E-state index in [0.717, 1.165) is 11.3 Å². The zero-order valence-electron chi connectivity index (χ0n) is 7.67. The molecule has 0 radical (unpaired) electrons. The van der Waals surface area contributed by atoms with Crippen LogP contribution in [0.1, 0.15) is 21.6 Å². The van der Waals surface area contributed by atoms with Crippen molar-refractivity contribution in [1.29, 1.82) is 0 Å². The summed E-state index contributed by atoms with van der Waals surface area (Å²) in [6.45, 7) is 0.275. The number of aliphatic hydroxyl groups excluding tert-OH is 2. The molecule has 0 aromatic carbocycles. The highest BCUT2D eigenvalue weighted by Gasteiger charge is 2.20. The number of aromatic nitrogens is 1. The Bertz CT molecular complexity index is 303. The van der Waals surface area contributed by atoms with Gasteiger partial charge in [-0.25, -0.2) is 4.98 Å². The summed E-state index contributed by atoms with van der Waals surface area (Å²) < 4.78 is 0. The van der Waals surface area contributed by atoms with E-state index in [4.69, 9.17) is 0 Å². The van der Waals surface area contributed by atoms with E-state index in [0.29, 0.717) is 11.3 Å². The van der Waals surface area contributed by atoms with Crippen molar-refractivity contribution in [2.24, 2.45) is 0 Å². The van der Waals surface area contributed by atoms with Crippen LogP contribution in [-0.4, -0.2) is 41.2 Å². The van der Waals surface area contributed by atoms with Crippen molar-refractivity contribution in [3.05, 3.63) is 16.1 Å². The molecule has 3 N–H and O–H groups in total. The predicted molar refractivity (Wildman–Crippen MR) is 52.4 cm³/mol. The van der Waals surface area contributed by atoms with Crippen LogP contribution in [0.3, 0.4) is 0 Å². The molecule has 1 rings (SSSR count). The summed E-state index contributed by atoms with van der Waals surface area (Å²) in [5.41, 5.74) is 0.278. The fraction of sp³-hybridized carbons (Fsp3) is 0.500. The summed E-state index contributed by atoms with van der Waals surface area (Å²) in [6.07, 6.45) is -1.34. The van der Waals surface area contributed by atoms with Gasteiger partial charge in [-0.3, -0.25) is 4.79 Å². The number of thiazole rings is 1. The van der Waals surface area contributed by atoms with Crippen LogP contribution >= 0.6 is 11.3 Å². The first-order chi connectivity index (χ1) is 6.69. The zero-order valence-corrected chi connectivity index (χ0v) is 8.49. The van der Waals surface area contributed by atoms with Gasteiger partial charge in [0.15, 0.2) is 6.29 Å². The molecule has 1 aromatic rings. The summed E-state index contributed by atoms with van der Waals surface area (Å²) in [6, 6.07) is 0. The van der Waals surface area contributed by atoms with E-state index in [-0.39, 0.29) is 12.2 Å². The van der Waals surface area contributed by atoms with Crippen molar-refractivity contribution in [1.82, 2.24) is 10.3 Å². The van der Waals surface area contributed by atoms with Gasteiger partial charge in [-0.1, -0.05) is 0 Å². The van der Waals surface area contributed by atoms with Crippen LogP contribution in [0, 0.1) is 0 Å². The van der Waals surface area contributed by atoms with Crippen LogP contribution < -0.4 is 5.32 Å². The summed E-state index contributed by atoms with van der Waals surface area (Å²) in [4.78, 5) is 14.2. The molecule has 0 saturated carbocycles. The first-order valence-electron chi connectivity index (χ1n) is 4.10. The molecule has 0 aliphatic heterocycles. The fourth-order valence-corrected chi connectivity index (χ4v) is 1.78. The SMILES string of the molecule is CNCC(O)C(O)c1nc(C=O)cs1. The summed E-state index contributed by atoms with van der Waals surface area (Å²) >= 11 is 1.16. The number of carbonyl (C=O) groups excluding carboxylic acids is 1. The molecule has 0 aliphatic rings. The van der Waals surface area contributed by atoms with Crippen LogP contribution in [0.5, 0.6) is 0 Å². The number of nitrogens with one attached hydrogen (secondary N) is 1. The molecule has 5 nitrogen and oxygen atoms in total. The molecule has 6 heteroatoms. The lowest BCUT2D eigenvalue weighted by Gasteiger charge is -2.14. The standard InChI is InChI=1S/C8H12N2O3S/c1-9-2-6(12)7(13)8-10-5(3-11)4-14-8/h3-4,6-7,9,12-13H,2H2,1H3. The molecule has 78 valence electrons. The lowest BCUT2D eigenvalue weighted by Crippen LogP contribution is -2.29. The Labute approximate surface area is 85.4 Å². The molecule has 0 saturated heterocycles. The van der Waals surface area contributed by atoms with Crippen LogP contribution in [0.15, 0.2) is 5.38 Å². The molecule has 0 amide bonds. The van der Waals surface area contributed by atoms with Crippen molar-refractivity contribution in [3.8, 4) is 0 Å². The average molecular weight is 216 g/mol. The van der Waals surface area contributed by atoms with E-state index in [2.05, 4.69) is 10.3 Å². The number of likely N-dealkylation sites (N-methyl/N-ethyl adjacent to an activating group) is 1. The highest BCUT2D eigenvalue weighted by molar-refractivity contribution is 7.09. The molecule has 1 aromatic heterocycles. The molecule has 0 bridgehead atoms. The first kappa shape index (κ1) is 11.3. The smallest absolute Gasteiger partial charge is 0.169 e. The van der Waals surface area contributed by atoms with Gasteiger partial charge in [0.2, 0.25) is 0 Å². The van der Waals surface area contributed by atoms with Gasteiger partial charge < -0.3 is 15.5 Å². The Kier molecular flexibility index (Phi) is 4.15. The van der Waals surface area contributed by atoms with Gasteiger partial charge in [-0.2, -0.15) is 0 Å². The monoisotopic (exact) mass is 216 g/mol. The third kappa shape index (κ3) is 2.58. The molecule has 2 unspecified atom stereocenters. The summed E-state index contributed by atoms with van der Waals surface area (Å²) in [5.74, 6) is 0. The van der Waals surface area contributed by atoms with Gasteiger partial charge in [0.05, 0.1) is 6.10 Å². The van der Waals surface area contributed by atoms with E-state index in [9.17, 15) is 15.0 Å². The maximum absolute atomic E-state index is 10.3. The number of nitrogens with zero attached hydrogens (tertiary/aromatic N) is 1. The van der Waals surface area contributed by atoms with Crippen LogP contribution in [0.25, 0.3) is 0 Å². The Hall–Kier alpha value is -0.820. The number of carbonyl (C=O) groups is 1. The third-order valence-corrected chi connectivity index (χ3v) is 2.62. The molecule has 0 fully saturated rings. The van der Waals surface area contributed by atoms with Gasteiger partial charge in [0.25, 0.3) is 0 Å². The maximum atomic E-state index is 10.3. The Balaban J connectivity index is 2.67. The number of hydrogen-bond donors (Lipinski definition) is 3. The summed E-state index contributed by atoms with van der Waals surface area (Å²) in [7, 11) is 1.68.